The molecule has 6 nitrogen and oxygen atoms in total. The topological polar surface area (TPSA) is 60.6 Å². The number of aryl methyl sites for hydroxylation is 1. The van der Waals surface area contributed by atoms with E-state index in [1.165, 1.54) is 0 Å². The standard InChI is InChI=1S/C20H23ClN4O2/c1-2-3-4-9-24-19(27-16-11-22-12-16)10-18(26)25-13-17(23-20(24)25)14-5-7-15(21)8-6-14/h5-8,10,13,16,22H,2-4,9,11-12H2,1H3. The highest BCUT2D eigenvalue weighted by molar-refractivity contribution is 6.30. The van der Waals surface area contributed by atoms with Crippen LogP contribution < -0.4 is 15.6 Å². The second kappa shape index (κ2) is 7.74. The Morgan fingerprint density at radius 3 is 2.70 bits per heavy atom. The Balaban J connectivity index is 1.78. The second-order valence-corrected chi connectivity index (χ2v) is 7.32. The first-order valence-corrected chi connectivity index (χ1v) is 9.80. The van der Waals surface area contributed by atoms with Crippen molar-refractivity contribution in [1.29, 1.82) is 0 Å². The monoisotopic (exact) mass is 386 g/mol. The zero-order valence-electron chi connectivity index (χ0n) is 15.3. The van der Waals surface area contributed by atoms with Gasteiger partial charge in [0.15, 0.2) is 0 Å². The van der Waals surface area contributed by atoms with Crippen LogP contribution in [0.2, 0.25) is 5.02 Å². The first kappa shape index (κ1) is 18.1. The number of ether oxygens (including phenoxy) is 1. The zero-order valence-corrected chi connectivity index (χ0v) is 16.1. The molecule has 0 radical (unpaired) electrons. The Labute approximate surface area is 162 Å². The summed E-state index contributed by atoms with van der Waals surface area (Å²) in [5.74, 6) is 1.22. The van der Waals surface area contributed by atoms with Gasteiger partial charge in [-0.25, -0.2) is 4.98 Å². The Kier molecular flexibility index (Phi) is 5.18. The van der Waals surface area contributed by atoms with Crippen LogP contribution in [0.25, 0.3) is 17.0 Å². The van der Waals surface area contributed by atoms with E-state index in [1.54, 1.807) is 16.7 Å². The van der Waals surface area contributed by atoms with Gasteiger partial charge in [-0.15, -0.1) is 0 Å². The molecular formula is C20H23ClN4O2. The van der Waals surface area contributed by atoms with Gasteiger partial charge in [-0.1, -0.05) is 43.5 Å². The SMILES string of the molecule is CCCCCn1c(OC2CNC2)cc(=O)n2cc(-c3ccc(Cl)cc3)nc12. The van der Waals surface area contributed by atoms with Gasteiger partial charge in [0, 0.05) is 36.4 Å². The average molecular weight is 387 g/mol. The summed E-state index contributed by atoms with van der Waals surface area (Å²) >= 11 is 5.99. The number of unbranched alkanes of at least 4 members (excludes halogenated alkanes) is 2. The van der Waals surface area contributed by atoms with E-state index in [0.29, 0.717) is 16.7 Å². The largest absolute Gasteiger partial charge is 0.473 e. The predicted molar refractivity (Wildman–Crippen MR) is 107 cm³/mol. The fourth-order valence-electron chi connectivity index (χ4n) is 3.18. The number of halogens is 1. The number of imidazole rings is 1. The van der Waals surface area contributed by atoms with Gasteiger partial charge in [-0.2, -0.15) is 0 Å². The Morgan fingerprint density at radius 1 is 1.26 bits per heavy atom. The average Bonchev–Trinajstić information content (AvgIpc) is 3.07. The summed E-state index contributed by atoms with van der Waals surface area (Å²) in [5, 5.41) is 3.86. The van der Waals surface area contributed by atoms with Crippen LogP contribution in [0.5, 0.6) is 5.88 Å². The molecule has 1 aromatic carbocycles. The molecule has 3 heterocycles. The number of benzene rings is 1. The normalized spacial score (nSPS) is 14.4. The van der Waals surface area contributed by atoms with E-state index in [4.69, 9.17) is 21.3 Å². The minimum Gasteiger partial charge on any atom is -0.473 e. The van der Waals surface area contributed by atoms with Crippen molar-refractivity contribution in [3.8, 4) is 17.1 Å². The van der Waals surface area contributed by atoms with E-state index in [-0.39, 0.29) is 11.7 Å². The van der Waals surface area contributed by atoms with Crippen molar-refractivity contribution in [2.75, 3.05) is 13.1 Å². The Morgan fingerprint density at radius 2 is 2.04 bits per heavy atom. The van der Waals surface area contributed by atoms with Crippen LogP contribution in [0.3, 0.4) is 0 Å². The molecule has 1 aliphatic heterocycles. The third-order valence-electron chi connectivity index (χ3n) is 4.84. The maximum absolute atomic E-state index is 12.7. The minimum absolute atomic E-state index is 0.106. The van der Waals surface area contributed by atoms with E-state index in [9.17, 15) is 4.79 Å². The Hall–Kier alpha value is -2.31. The van der Waals surface area contributed by atoms with Gasteiger partial charge in [0.25, 0.3) is 5.56 Å². The van der Waals surface area contributed by atoms with Crippen LogP contribution in [0.1, 0.15) is 26.2 Å². The molecule has 0 saturated carbocycles. The maximum Gasteiger partial charge on any atom is 0.262 e. The minimum atomic E-state index is -0.133. The van der Waals surface area contributed by atoms with Gasteiger partial charge in [-0.3, -0.25) is 13.8 Å². The van der Waals surface area contributed by atoms with Gasteiger partial charge in [0.05, 0.1) is 11.8 Å². The lowest BCUT2D eigenvalue weighted by Crippen LogP contribution is -2.50. The number of nitrogens with zero attached hydrogens (tertiary/aromatic N) is 3. The highest BCUT2D eigenvalue weighted by Crippen LogP contribution is 2.23. The molecule has 1 aliphatic rings. The molecule has 1 saturated heterocycles. The number of fused-ring (bicyclic) bond motifs is 1. The molecule has 1 fully saturated rings. The molecular weight excluding hydrogens is 364 g/mol. The summed E-state index contributed by atoms with van der Waals surface area (Å²) in [5.41, 5.74) is 1.54. The number of hydrogen-bond donors (Lipinski definition) is 1. The fraction of sp³-hybridized carbons (Fsp3) is 0.400. The van der Waals surface area contributed by atoms with Crippen LogP contribution in [0.15, 0.2) is 41.3 Å². The van der Waals surface area contributed by atoms with Crippen LogP contribution in [-0.4, -0.2) is 33.1 Å². The smallest absolute Gasteiger partial charge is 0.262 e. The summed E-state index contributed by atoms with van der Waals surface area (Å²) < 4.78 is 9.68. The predicted octanol–water partition coefficient (Wildman–Crippen LogP) is 3.36. The first-order chi connectivity index (χ1) is 13.2. The molecule has 7 heteroatoms. The number of aromatic nitrogens is 3. The van der Waals surface area contributed by atoms with Crippen LogP contribution in [-0.2, 0) is 6.54 Å². The van der Waals surface area contributed by atoms with Gasteiger partial charge in [-0.05, 0) is 18.6 Å². The third-order valence-corrected chi connectivity index (χ3v) is 5.09. The summed E-state index contributed by atoms with van der Waals surface area (Å²) in [4.78, 5) is 17.4. The molecule has 4 rings (SSSR count). The molecule has 3 aromatic rings. The molecule has 142 valence electrons. The van der Waals surface area contributed by atoms with Crippen molar-refractivity contribution in [2.45, 2.75) is 38.8 Å². The quantitative estimate of drug-likeness (QED) is 0.632. The van der Waals surface area contributed by atoms with Crippen molar-refractivity contribution >= 4 is 17.4 Å². The van der Waals surface area contributed by atoms with Gasteiger partial charge < -0.3 is 10.1 Å². The van der Waals surface area contributed by atoms with Gasteiger partial charge in [0.2, 0.25) is 11.7 Å². The lowest BCUT2D eigenvalue weighted by molar-refractivity contribution is 0.129. The lowest BCUT2D eigenvalue weighted by Gasteiger charge is -2.29. The molecule has 2 aromatic heterocycles. The molecule has 0 aliphatic carbocycles. The van der Waals surface area contributed by atoms with Crippen molar-refractivity contribution in [2.24, 2.45) is 0 Å². The van der Waals surface area contributed by atoms with E-state index in [1.807, 2.05) is 28.8 Å². The van der Waals surface area contributed by atoms with E-state index in [2.05, 4.69) is 12.2 Å². The summed E-state index contributed by atoms with van der Waals surface area (Å²) in [6.07, 6.45) is 5.15. The summed E-state index contributed by atoms with van der Waals surface area (Å²) in [6.45, 7) is 4.55. The second-order valence-electron chi connectivity index (χ2n) is 6.88. The summed E-state index contributed by atoms with van der Waals surface area (Å²) in [7, 11) is 0. The van der Waals surface area contributed by atoms with Gasteiger partial charge >= 0.3 is 0 Å². The Bertz CT molecular complexity index is 990. The van der Waals surface area contributed by atoms with E-state index >= 15 is 0 Å². The van der Waals surface area contributed by atoms with Crippen molar-refractivity contribution in [3.05, 3.63) is 51.9 Å². The molecule has 1 N–H and O–H groups in total. The fourth-order valence-corrected chi connectivity index (χ4v) is 3.30. The van der Waals surface area contributed by atoms with E-state index in [0.717, 1.165) is 50.2 Å². The number of nitrogens with one attached hydrogen (secondary N) is 1. The van der Waals surface area contributed by atoms with Crippen LogP contribution in [0.4, 0.5) is 0 Å². The maximum atomic E-state index is 12.7. The number of rotatable bonds is 7. The van der Waals surface area contributed by atoms with Gasteiger partial charge in [0.1, 0.15) is 6.10 Å². The van der Waals surface area contributed by atoms with E-state index < -0.39 is 0 Å². The molecule has 0 bridgehead atoms. The van der Waals surface area contributed by atoms with Crippen molar-refractivity contribution in [1.82, 2.24) is 19.3 Å². The lowest BCUT2D eigenvalue weighted by atomic mass is 10.2. The third kappa shape index (κ3) is 3.73. The highest BCUT2D eigenvalue weighted by atomic mass is 35.5. The molecule has 0 spiro atoms. The first-order valence-electron chi connectivity index (χ1n) is 9.42. The van der Waals surface area contributed by atoms with Crippen molar-refractivity contribution in [3.63, 3.8) is 0 Å². The molecule has 27 heavy (non-hydrogen) atoms. The molecule has 0 atom stereocenters. The molecule has 0 amide bonds. The zero-order chi connectivity index (χ0) is 18.8. The van der Waals surface area contributed by atoms with Crippen LogP contribution >= 0.6 is 11.6 Å². The van der Waals surface area contributed by atoms with Crippen molar-refractivity contribution < 1.29 is 4.74 Å². The number of hydrogen-bond acceptors (Lipinski definition) is 4. The summed E-state index contributed by atoms with van der Waals surface area (Å²) in [6, 6.07) is 9.05. The highest BCUT2D eigenvalue weighted by Gasteiger charge is 2.22. The van der Waals surface area contributed by atoms with Crippen LogP contribution in [0, 0.1) is 0 Å². The molecule has 0 unspecified atom stereocenters.